The Morgan fingerprint density at radius 3 is 2.31 bits per heavy atom. The van der Waals surface area contributed by atoms with Crippen molar-refractivity contribution in [3.63, 3.8) is 0 Å². The van der Waals surface area contributed by atoms with Gasteiger partial charge >= 0.3 is 6.18 Å². The minimum atomic E-state index is -4.39. The zero-order valence-electron chi connectivity index (χ0n) is 14.4. The van der Waals surface area contributed by atoms with Crippen molar-refractivity contribution in [1.82, 2.24) is 0 Å². The van der Waals surface area contributed by atoms with Crippen molar-refractivity contribution in [3.8, 4) is 5.75 Å². The van der Waals surface area contributed by atoms with Crippen LogP contribution in [0, 0.1) is 13.8 Å². The second-order valence-corrected chi connectivity index (χ2v) is 5.71. The molecule has 3 N–H and O–H groups in total. The molecule has 4 nitrogen and oxygen atoms in total. The van der Waals surface area contributed by atoms with Gasteiger partial charge in [-0.2, -0.15) is 13.2 Å². The average Bonchev–Trinajstić information content (AvgIpc) is 2.53. The fourth-order valence-corrected chi connectivity index (χ4v) is 2.08. The fraction of sp³-hybridized carbons (Fsp3) is 0.278. The molecule has 0 spiro atoms. The summed E-state index contributed by atoms with van der Waals surface area (Å²) in [5, 5.41) is 2.93. The Bertz CT molecular complexity index is 746. The zero-order valence-corrected chi connectivity index (χ0v) is 16.8. The number of alkyl halides is 3. The van der Waals surface area contributed by atoms with Crippen LogP contribution in [0.4, 0.5) is 18.9 Å². The molecule has 0 aliphatic carbocycles. The predicted octanol–water partition coefficient (Wildman–Crippen LogP) is 4.79. The van der Waals surface area contributed by atoms with Gasteiger partial charge in [-0.15, -0.1) is 24.0 Å². The van der Waals surface area contributed by atoms with Gasteiger partial charge < -0.3 is 15.8 Å². The van der Waals surface area contributed by atoms with Crippen molar-refractivity contribution in [2.75, 3.05) is 11.9 Å². The molecule has 0 aliphatic heterocycles. The molecule has 0 unspecified atom stereocenters. The van der Waals surface area contributed by atoms with Crippen LogP contribution in [0.25, 0.3) is 0 Å². The third kappa shape index (κ3) is 7.51. The molecular weight excluding hydrogens is 458 g/mol. The van der Waals surface area contributed by atoms with E-state index in [1.54, 1.807) is 25.1 Å². The van der Waals surface area contributed by atoms with Crippen molar-refractivity contribution in [2.24, 2.45) is 10.7 Å². The van der Waals surface area contributed by atoms with E-state index in [9.17, 15) is 13.2 Å². The van der Waals surface area contributed by atoms with E-state index < -0.39 is 12.8 Å². The Labute approximate surface area is 167 Å². The third-order valence-corrected chi connectivity index (χ3v) is 3.36. The Hall–Kier alpha value is -1.97. The number of guanidine groups is 1. The van der Waals surface area contributed by atoms with Crippen LogP contribution in [0.1, 0.15) is 16.7 Å². The van der Waals surface area contributed by atoms with Gasteiger partial charge in [0.1, 0.15) is 5.75 Å². The van der Waals surface area contributed by atoms with E-state index in [-0.39, 0.29) is 42.2 Å². The molecule has 0 amide bonds. The van der Waals surface area contributed by atoms with E-state index in [1.165, 1.54) is 0 Å². The Morgan fingerprint density at radius 1 is 1.08 bits per heavy atom. The van der Waals surface area contributed by atoms with Crippen molar-refractivity contribution in [3.05, 3.63) is 59.2 Å². The highest BCUT2D eigenvalue weighted by atomic mass is 127. The molecule has 2 rings (SSSR count). The summed E-state index contributed by atoms with van der Waals surface area (Å²) in [6.45, 7) is 2.52. The SMILES string of the molecule is Cc1ccc(NC(N)=NCc2ccc(C)cc2OCC(F)(F)F)cc1.I. The normalized spacial score (nSPS) is 11.7. The maximum absolute atomic E-state index is 12.4. The number of hydrogen-bond donors (Lipinski definition) is 2. The number of halogens is 4. The van der Waals surface area contributed by atoms with Gasteiger partial charge in [-0.05, 0) is 37.6 Å². The van der Waals surface area contributed by atoms with Crippen LogP contribution < -0.4 is 15.8 Å². The van der Waals surface area contributed by atoms with Gasteiger partial charge in [0, 0.05) is 11.3 Å². The van der Waals surface area contributed by atoms with E-state index >= 15 is 0 Å². The van der Waals surface area contributed by atoms with Crippen molar-refractivity contribution < 1.29 is 17.9 Å². The molecule has 0 radical (unpaired) electrons. The second-order valence-electron chi connectivity index (χ2n) is 5.71. The molecule has 0 aliphatic rings. The molecule has 2 aromatic carbocycles. The summed E-state index contributed by atoms with van der Waals surface area (Å²) in [5.41, 5.74) is 9.06. The van der Waals surface area contributed by atoms with Crippen LogP contribution in [0.5, 0.6) is 5.75 Å². The quantitative estimate of drug-likeness (QED) is 0.369. The van der Waals surface area contributed by atoms with Crippen LogP contribution in [0.15, 0.2) is 47.5 Å². The highest BCUT2D eigenvalue weighted by Crippen LogP contribution is 2.24. The molecule has 2 aromatic rings. The first-order chi connectivity index (χ1) is 11.7. The number of nitrogens with zero attached hydrogens (tertiary/aromatic N) is 1. The number of aryl methyl sites for hydroxylation is 2. The zero-order chi connectivity index (χ0) is 18.4. The third-order valence-electron chi connectivity index (χ3n) is 3.36. The van der Waals surface area contributed by atoms with Crippen LogP contribution in [0.2, 0.25) is 0 Å². The molecule has 0 saturated heterocycles. The number of benzene rings is 2. The standard InChI is InChI=1S/C18H20F3N3O.HI/c1-12-4-7-15(8-5-12)24-17(22)23-10-14-6-3-13(2)9-16(14)25-11-18(19,20)21;/h3-9H,10-11H2,1-2H3,(H3,22,23,24);1H. The lowest BCUT2D eigenvalue weighted by molar-refractivity contribution is -0.153. The average molecular weight is 479 g/mol. The number of nitrogens with one attached hydrogen (secondary N) is 1. The molecule has 0 aromatic heterocycles. The van der Waals surface area contributed by atoms with E-state index in [0.29, 0.717) is 5.56 Å². The van der Waals surface area contributed by atoms with Gasteiger partial charge in [0.2, 0.25) is 0 Å². The second kappa shape index (κ2) is 9.65. The minimum Gasteiger partial charge on any atom is -0.484 e. The summed E-state index contributed by atoms with van der Waals surface area (Å²) in [4.78, 5) is 4.17. The molecular formula is C18H21F3IN3O. The van der Waals surface area contributed by atoms with E-state index in [1.807, 2.05) is 31.2 Å². The summed E-state index contributed by atoms with van der Waals surface area (Å²) >= 11 is 0. The van der Waals surface area contributed by atoms with Crippen LogP contribution in [-0.4, -0.2) is 18.7 Å². The Morgan fingerprint density at radius 2 is 1.69 bits per heavy atom. The monoisotopic (exact) mass is 479 g/mol. The first-order valence-corrected chi connectivity index (χ1v) is 7.65. The van der Waals surface area contributed by atoms with Gasteiger partial charge in [0.15, 0.2) is 12.6 Å². The predicted molar refractivity (Wildman–Crippen MR) is 108 cm³/mol. The van der Waals surface area contributed by atoms with E-state index in [0.717, 1.165) is 16.8 Å². The maximum Gasteiger partial charge on any atom is 0.422 e. The fourth-order valence-electron chi connectivity index (χ4n) is 2.08. The topological polar surface area (TPSA) is 59.6 Å². The van der Waals surface area contributed by atoms with Gasteiger partial charge in [0.05, 0.1) is 6.54 Å². The van der Waals surface area contributed by atoms with Crippen LogP contribution in [-0.2, 0) is 6.54 Å². The van der Waals surface area contributed by atoms with Crippen molar-refractivity contribution in [2.45, 2.75) is 26.6 Å². The van der Waals surface area contributed by atoms with Crippen LogP contribution >= 0.6 is 24.0 Å². The maximum atomic E-state index is 12.4. The molecule has 0 bridgehead atoms. The summed E-state index contributed by atoms with van der Waals surface area (Å²) in [7, 11) is 0. The highest BCUT2D eigenvalue weighted by Gasteiger charge is 2.28. The van der Waals surface area contributed by atoms with Gasteiger partial charge in [-0.1, -0.05) is 29.8 Å². The Balaban J connectivity index is 0.00000338. The minimum absolute atomic E-state index is 0. The smallest absolute Gasteiger partial charge is 0.422 e. The lowest BCUT2D eigenvalue weighted by Gasteiger charge is -2.13. The lowest BCUT2D eigenvalue weighted by Crippen LogP contribution is -2.22. The number of hydrogen-bond acceptors (Lipinski definition) is 2. The number of rotatable bonds is 5. The number of aliphatic imine (C=N–C) groups is 1. The summed E-state index contributed by atoms with van der Waals surface area (Å²) in [6.07, 6.45) is -4.39. The lowest BCUT2D eigenvalue weighted by atomic mass is 10.1. The molecule has 0 atom stereocenters. The van der Waals surface area contributed by atoms with E-state index in [2.05, 4.69) is 10.3 Å². The first-order valence-electron chi connectivity index (χ1n) is 7.65. The van der Waals surface area contributed by atoms with Crippen LogP contribution in [0.3, 0.4) is 0 Å². The van der Waals surface area contributed by atoms with Crippen molar-refractivity contribution >= 4 is 35.6 Å². The largest absolute Gasteiger partial charge is 0.484 e. The number of ether oxygens (including phenoxy) is 1. The number of anilines is 1. The van der Waals surface area contributed by atoms with Crippen molar-refractivity contribution in [1.29, 1.82) is 0 Å². The summed E-state index contributed by atoms with van der Waals surface area (Å²) < 4.78 is 42.0. The Kier molecular flexibility index (Phi) is 8.19. The molecule has 142 valence electrons. The summed E-state index contributed by atoms with van der Waals surface area (Å²) in [5.74, 6) is 0.329. The van der Waals surface area contributed by atoms with Gasteiger partial charge in [-0.25, -0.2) is 4.99 Å². The molecule has 0 heterocycles. The van der Waals surface area contributed by atoms with E-state index in [4.69, 9.17) is 10.5 Å². The summed E-state index contributed by atoms with van der Waals surface area (Å²) in [6, 6.07) is 12.6. The highest BCUT2D eigenvalue weighted by molar-refractivity contribution is 14.0. The first kappa shape index (κ1) is 22.1. The number of nitrogens with two attached hydrogens (primary N) is 1. The molecule has 0 fully saturated rings. The van der Waals surface area contributed by atoms with Gasteiger partial charge in [0.25, 0.3) is 0 Å². The molecule has 8 heteroatoms. The molecule has 26 heavy (non-hydrogen) atoms. The van der Waals surface area contributed by atoms with Gasteiger partial charge in [-0.3, -0.25) is 0 Å². The molecule has 0 saturated carbocycles.